The second-order valence-electron chi connectivity index (χ2n) is 2.06. The van der Waals surface area contributed by atoms with Crippen LogP contribution in [0.3, 0.4) is 0 Å². The maximum absolute atomic E-state index is 10.1. The molecule has 0 radical (unpaired) electrons. The Labute approximate surface area is 96.8 Å². The minimum absolute atomic E-state index is 0.0208. The molecular formula is C7H7ClN2O2S2. The van der Waals surface area contributed by atoms with E-state index >= 15 is 0 Å². The summed E-state index contributed by atoms with van der Waals surface area (Å²) >= 11 is 12.3. The van der Waals surface area contributed by atoms with E-state index in [-0.39, 0.29) is 10.1 Å². The number of thiol groups is 2. The van der Waals surface area contributed by atoms with Gasteiger partial charge in [-0.15, -0.1) is 25.3 Å². The molecule has 0 fully saturated rings. The molecule has 1 aromatic rings. The summed E-state index contributed by atoms with van der Waals surface area (Å²) in [6.07, 6.45) is 0. The van der Waals surface area contributed by atoms with E-state index in [1.165, 1.54) is 12.1 Å². The van der Waals surface area contributed by atoms with E-state index in [9.17, 15) is 10.1 Å². The molecule has 1 rings (SSSR count). The molecule has 0 heterocycles. The summed E-state index contributed by atoms with van der Waals surface area (Å²) in [4.78, 5) is 9.62. The van der Waals surface area contributed by atoms with Crippen molar-refractivity contribution in [2.75, 3.05) is 0 Å². The molecule has 0 bridgehead atoms. The van der Waals surface area contributed by atoms with Gasteiger partial charge in [-0.1, -0.05) is 17.7 Å². The first kappa shape index (κ1) is 13.3. The van der Waals surface area contributed by atoms with Crippen LogP contribution in [0, 0.1) is 15.5 Å². The molecule has 1 N–H and O–H groups in total. The second-order valence-corrected chi connectivity index (χ2v) is 3.74. The Kier molecular flexibility index (Phi) is 6.35. The minimum atomic E-state index is -0.480. The molecule has 7 heteroatoms. The highest BCUT2D eigenvalue weighted by atomic mass is 35.5. The van der Waals surface area contributed by atoms with Crippen molar-refractivity contribution >= 4 is 46.9 Å². The Bertz CT molecular complexity index is 342. The summed E-state index contributed by atoms with van der Waals surface area (Å²) in [7, 11) is 0. The van der Waals surface area contributed by atoms with Gasteiger partial charge in [0.25, 0.3) is 5.69 Å². The number of hydrogen-bond acceptors (Lipinski definition) is 3. The number of benzene rings is 1. The molecule has 0 spiro atoms. The molecule has 76 valence electrons. The summed E-state index contributed by atoms with van der Waals surface area (Å²) in [5, 5.41) is 16.7. The number of non-ortho nitro benzene ring substituents is 1. The SMILES string of the molecule is N=C(S)S.O=[N+]([O-])c1cccc(Cl)c1. The van der Waals surface area contributed by atoms with Gasteiger partial charge in [-0.3, -0.25) is 15.5 Å². The van der Waals surface area contributed by atoms with Gasteiger partial charge < -0.3 is 0 Å². The molecular weight excluding hydrogens is 244 g/mol. The lowest BCUT2D eigenvalue weighted by Crippen LogP contribution is -1.85. The van der Waals surface area contributed by atoms with Gasteiger partial charge in [-0.2, -0.15) is 0 Å². The van der Waals surface area contributed by atoms with Gasteiger partial charge in [-0.25, -0.2) is 0 Å². The first-order chi connectivity index (χ1) is 6.43. The van der Waals surface area contributed by atoms with Gasteiger partial charge >= 0.3 is 0 Å². The van der Waals surface area contributed by atoms with Crippen LogP contribution in [0.25, 0.3) is 0 Å². The van der Waals surface area contributed by atoms with Crippen LogP contribution in [-0.4, -0.2) is 9.30 Å². The van der Waals surface area contributed by atoms with Crippen LogP contribution >= 0.6 is 36.9 Å². The fraction of sp³-hybridized carbons (Fsp3) is 0. The van der Waals surface area contributed by atoms with Gasteiger partial charge in [0.05, 0.1) is 4.92 Å². The number of nitro groups is 1. The lowest BCUT2D eigenvalue weighted by molar-refractivity contribution is -0.384. The van der Waals surface area contributed by atoms with Crippen LogP contribution in [0.1, 0.15) is 0 Å². The van der Waals surface area contributed by atoms with Crippen molar-refractivity contribution in [3.8, 4) is 0 Å². The normalized spacial score (nSPS) is 8.50. The van der Waals surface area contributed by atoms with Crippen LogP contribution in [0.2, 0.25) is 5.02 Å². The van der Waals surface area contributed by atoms with Crippen molar-refractivity contribution in [2.45, 2.75) is 0 Å². The third-order valence-electron chi connectivity index (χ3n) is 1.02. The molecule has 0 aliphatic carbocycles. The van der Waals surface area contributed by atoms with Gasteiger partial charge in [0, 0.05) is 17.2 Å². The number of nitro benzene ring substituents is 1. The lowest BCUT2D eigenvalue weighted by atomic mass is 10.3. The highest BCUT2D eigenvalue weighted by molar-refractivity contribution is 8.23. The van der Waals surface area contributed by atoms with Crippen molar-refractivity contribution in [2.24, 2.45) is 0 Å². The standard InChI is InChI=1S/C6H4ClNO2.CH3NS2/c7-5-2-1-3-6(4-5)8(9)10;2-1(3)4/h1-4H;(H3,2,3,4). The maximum atomic E-state index is 10.1. The molecule has 0 unspecified atom stereocenters. The fourth-order valence-electron chi connectivity index (χ4n) is 0.590. The molecule has 4 nitrogen and oxygen atoms in total. The Morgan fingerprint density at radius 1 is 1.50 bits per heavy atom. The highest BCUT2D eigenvalue weighted by Gasteiger charge is 2.02. The number of hydrogen-bond donors (Lipinski definition) is 3. The van der Waals surface area contributed by atoms with Crippen molar-refractivity contribution in [1.82, 2.24) is 0 Å². The minimum Gasteiger partial charge on any atom is -0.288 e. The van der Waals surface area contributed by atoms with E-state index < -0.39 is 4.92 Å². The quantitative estimate of drug-likeness (QED) is 0.236. The van der Waals surface area contributed by atoms with Crippen molar-refractivity contribution in [3.63, 3.8) is 0 Å². The van der Waals surface area contributed by atoms with E-state index in [1.54, 1.807) is 12.1 Å². The van der Waals surface area contributed by atoms with E-state index in [2.05, 4.69) is 25.3 Å². The van der Waals surface area contributed by atoms with Crippen LogP contribution in [0.5, 0.6) is 0 Å². The Balaban J connectivity index is 0.000000364. The summed E-state index contributed by atoms with van der Waals surface area (Å²) in [5.41, 5.74) is 0.0208. The van der Waals surface area contributed by atoms with Gasteiger partial charge in [0.1, 0.15) is 4.38 Å². The average molecular weight is 251 g/mol. The summed E-state index contributed by atoms with van der Waals surface area (Å²) < 4.78 is 0.0556. The molecule has 0 saturated carbocycles. The third kappa shape index (κ3) is 6.76. The van der Waals surface area contributed by atoms with E-state index in [1.807, 2.05) is 0 Å². The molecule has 14 heavy (non-hydrogen) atoms. The predicted octanol–water partition coefficient (Wildman–Crippen LogP) is 3.03. The largest absolute Gasteiger partial charge is 0.288 e. The smallest absolute Gasteiger partial charge is 0.270 e. The topological polar surface area (TPSA) is 67.0 Å². The van der Waals surface area contributed by atoms with Crippen molar-refractivity contribution < 1.29 is 4.92 Å². The van der Waals surface area contributed by atoms with E-state index in [0.29, 0.717) is 5.02 Å². The zero-order chi connectivity index (χ0) is 11.1. The fourth-order valence-corrected chi connectivity index (χ4v) is 0.774. The lowest BCUT2D eigenvalue weighted by Gasteiger charge is -1.89. The average Bonchev–Trinajstić information content (AvgIpc) is 2.03. The number of nitrogens with one attached hydrogen (secondary N) is 1. The van der Waals surface area contributed by atoms with Gasteiger partial charge in [0.15, 0.2) is 0 Å². The molecule has 1 aromatic carbocycles. The van der Waals surface area contributed by atoms with Crippen LogP contribution < -0.4 is 0 Å². The molecule has 0 amide bonds. The number of rotatable bonds is 1. The van der Waals surface area contributed by atoms with Crippen LogP contribution in [-0.2, 0) is 0 Å². The zero-order valence-corrected chi connectivity index (χ0v) is 9.39. The van der Waals surface area contributed by atoms with Crippen molar-refractivity contribution in [3.05, 3.63) is 39.4 Å². The number of halogens is 1. The second kappa shape index (κ2) is 6.69. The molecule has 0 aliphatic rings. The van der Waals surface area contributed by atoms with Crippen molar-refractivity contribution in [1.29, 1.82) is 5.41 Å². The van der Waals surface area contributed by atoms with E-state index in [4.69, 9.17) is 17.0 Å². The first-order valence-corrected chi connectivity index (χ1v) is 4.57. The van der Waals surface area contributed by atoms with E-state index in [0.717, 1.165) is 0 Å². The van der Waals surface area contributed by atoms with Gasteiger partial charge in [-0.05, 0) is 6.07 Å². The Morgan fingerprint density at radius 2 is 2.00 bits per heavy atom. The number of nitrogens with zero attached hydrogens (tertiary/aromatic N) is 1. The molecule has 0 aromatic heterocycles. The molecule has 0 aliphatic heterocycles. The Morgan fingerprint density at radius 3 is 2.29 bits per heavy atom. The summed E-state index contributed by atoms with van der Waals surface area (Å²) in [6.45, 7) is 0. The summed E-state index contributed by atoms with van der Waals surface area (Å²) in [5.74, 6) is 0. The molecule has 0 atom stereocenters. The first-order valence-electron chi connectivity index (χ1n) is 3.30. The third-order valence-corrected chi connectivity index (χ3v) is 1.25. The molecule has 0 saturated heterocycles. The highest BCUT2D eigenvalue weighted by Crippen LogP contribution is 2.16. The summed E-state index contributed by atoms with van der Waals surface area (Å²) in [6, 6.07) is 5.84. The zero-order valence-electron chi connectivity index (χ0n) is 6.85. The maximum Gasteiger partial charge on any atom is 0.270 e. The van der Waals surface area contributed by atoms with Gasteiger partial charge in [0.2, 0.25) is 0 Å². The monoisotopic (exact) mass is 250 g/mol. The Hall–Kier alpha value is -0.720. The van der Waals surface area contributed by atoms with Crippen LogP contribution in [0.4, 0.5) is 5.69 Å². The predicted molar refractivity (Wildman–Crippen MR) is 63.8 cm³/mol. The van der Waals surface area contributed by atoms with Crippen LogP contribution in [0.15, 0.2) is 24.3 Å².